The second-order valence-corrected chi connectivity index (χ2v) is 3.82. The number of carbonyl (C=O) groups is 2. The molecule has 0 amide bonds. The number of anilines is 1. The molecule has 0 atom stereocenters. The van der Waals surface area contributed by atoms with Gasteiger partial charge < -0.3 is 15.8 Å². The van der Waals surface area contributed by atoms with Crippen molar-refractivity contribution >= 4 is 28.3 Å². The summed E-state index contributed by atoms with van der Waals surface area (Å²) in [5.41, 5.74) is 7.54. The molecule has 88 valence electrons. The molecule has 5 heteroatoms. The zero-order valence-electron chi connectivity index (χ0n) is 9.06. The van der Waals surface area contributed by atoms with Gasteiger partial charge in [-0.25, -0.2) is 0 Å². The number of fused-ring (bicyclic) bond motifs is 1. The smallest absolute Gasteiger partial charge is 0.303 e. The molecule has 0 saturated carbocycles. The average molecular weight is 232 g/mol. The molecule has 1 aromatic carbocycles. The highest BCUT2D eigenvalue weighted by molar-refractivity contribution is 6.08. The monoisotopic (exact) mass is 232 g/mol. The fraction of sp³-hybridized carbons (Fsp3) is 0.167. The van der Waals surface area contributed by atoms with Crippen molar-refractivity contribution in [3.8, 4) is 0 Å². The van der Waals surface area contributed by atoms with E-state index in [1.807, 2.05) is 0 Å². The quantitative estimate of drug-likeness (QED) is 0.553. The Hall–Kier alpha value is -2.30. The molecule has 4 N–H and O–H groups in total. The Labute approximate surface area is 97.2 Å². The molecule has 2 aromatic rings. The molecule has 0 spiro atoms. The van der Waals surface area contributed by atoms with E-state index in [0.29, 0.717) is 11.3 Å². The normalized spacial score (nSPS) is 10.6. The summed E-state index contributed by atoms with van der Waals surface area (Å²) in [6, 6.07) is 5.21. The van der Waals surface area contributed by atoms with Crippen molar-refractivity contribution in [3.05, 3.63) is 30.0 Å². The van der Waals surface area contributed by atoms with Crippen LogP contribution in [0.2, 0.25) is 0 Å². The molecular formula is C12H12N2O3. The summed E-state index contributed by atoms with van der Waals surface area (Å²) < 4.78 is 0. The van der Waals surface area contributed by atoms with Crippen molar-refractivity contribution in [2.24, 2.45) is 0 Å². The molecule has 5 nitrogen and oxygen atoms in total. The molecule has 0 radical (unpaired) electrons. The van der Waals surface area contributed by atoms with Crippen LogP contribution in [0.4, 0.5) is 5.69 Å². The lowest BCUT2D eigenvalue weighted by atomic mass is 10.1. The summed E-state index contributed by atoms with van der Waals surface area (Å²) in [7, 11) is 0. The number of H-pyrrole nitrogens is 1. The second-order valence-electron chi connectivity index (χ2n) is 3.82. The molecular weight excluding hydrogens is 220 g/mol. The Kier molecular flexibility index (Phi) is 2.82. The van der Waals surface area contributed by atoms with Gasteiger partial charge in [0, 0.05) is 34.8 Å². The number of nitrogen functional groups attached to an aromatic ring is 1. The van der Waals surface area contributed by atoms with Gasteiger partial charge >= 0.3 is 5.97 Å². The summed E-state index contributed by atoms with van der Waals surface area (Å²) in [4.78, 5) is 25.1. The first-order chi connectivity index (χ1) is 8.08. The predicted octanol–water partition coefficient (Wildman–Crippen LogP) is 1.80. The number of aliphatic carboxylic acids is 1. The number of carboxylic acids is 1. The zero-order valence-corrected chi connectivity index (χ0v) is 9.06. The Balaban J connectivity index is 2.29. The maximum Gasteiger partial charge on any atom is 0.303 e. The molecule has 0 aliphatic carbocycles. The molecule has 0 fully saturated rings. The number of ketones is 1. The van der Waals surface area contributed by atoms with Gasteiger partial charge in [0.1, 0.15) is 0 Å². The molecule has 17 heavy (non-hydrogen) atoms. The molecule has 0 aliphatic heterocycles. The molecule has 2 rings (SSSR count). The standard InChI is InChI=1S/C12H12N2O3/c13-7-1-2-8-9(6-14-10(8)5-7)11(15)3-4-12(16)17/h1-2,5-6,14H,3-4,13H2,(H,16,17). The fourth-order valence-corrected chi connectivity index (χ4v) is 1.73. The number of carboxylic acid groups (broad SMARTS) is 1. The number of aromatic nitrogens is 1. The molecule has 0 saturated heterocycles. The lowest BCUT2D eigenvalue weighted by molar-refractivity contribution is -0.136. The van der Waals surface area contributed by atoms with Crippen LogP contribution < -0.4 is 5.73 Å². The summed E-state index contributed by atoms with van der Waals surface area (Å²) in [5.74, 6) is -1.15. The van der Waals surface area contributed by atoms with E-state index >= 15 is 0 Å². The van der Waals surface area contributed by atoms with Crippen LogP contribution in [0.25, 0.3) is 10.9 Å². The van der Waals surface area contributed by atoms with Gasteiger partial charge in [0.05, 0.1) is 6.42 Å². The van der Waals surface area contributed by atoms with E-state index in [2.05, 4.69) is 4.98 Å². The van der Waals surface area contributed by atoms with Gasteiger partial charge in [-0.1, -0.05) is 6.07 Å². The average Bonchev–Trinajstić information content (AvgIpc) is 2.68. The number of benzene rings is 1. The third kappa shape index (κ3) is 2.28. The van der Waals surface area contributed by atoms with E-state index in [1.165, 1.54) is 0 Å². The first-order valence-electron chi connectivity index (χ1n) is 5.19. The van der Waals surface area contributed by atoms with Gasteiger partial charge in [0.25, 0.3) is 0 Å². The van der Waals surface area contributed by atoms with Crippen molar-refractivity contribution in [2.75, 3.05) is 5.73 Å². The summed E-state index contributed by atoms with van der Waals surface area (Å²) >= 11 is 0. The van der Waals surface area contributed by atoms with Crippen LogP contribution in [0, 0.1) is 0 Å². The van der Waals surface area contributed by atoms with E-state index < -0.39 is 5.97 Å². The molecule has 0 aliphatic rings. The number of hydrogen-bond acceptors (Lipinski definition) is 3. The SMILES string of the molecule is Nc1ccc2c(C(=O)CCC(=O)O)c[nH]c2c1. The van der Waals surface area contributed by atoms with E-state index in [9.17, 15) is 9.59 Å². The van der Waals surface area contributed by atoms with Gasteiger partial charge in [0.15, 0.2) is 5.78 Å². The third-order valence-corrected chi connectivity index (χ3v) is 2.57. The molecule has 0 bridgehead atoms. The number of hydrogen-bond donors (Lipinski definition) is 3. The van der Waals surface area contributed by atoms with Crippen molar-refractivity contribution in [1.29, 1.82) is 0 Å². The largest absolute Gasteiger partial charge is 0.481 e. The fourth-order valence-electron chi connectivity index (χ4n) is 1.73. The van der Waals surface area contributed by atoms with Crippen LogP contribution in [0.3, 0.4) is 0 Å². The summed E-state index contributed by atoms with van der Waals surface area (Å²) in [6.07, 6.45) is 1.45. The van der Waals surface area contributed by atoms with Gasteiger partial charge in [-0.15, -0.1) is 0 Å². The second kappa shape index (κ2) is 4.29. The minimum absolute atomic E-state index is 0.00661. The molecule has 1 aromatic heterocycles. The van der Waals surface area contributed by atoms with Crippen LogP contribution in [0.15, 0.2) is 24.4 Å². The van der Waals surface area contributed by atoms with E-state index in [1.54, 1.807) is 24.4 Å². The number of nitrogens with two attached hydrogens (primary N) is 1. The van der Waals surface area contributed by atoms with Crippen LogP contribution in [-0.4, -0.2) is 21.8 Å². The van der Waals surface area contributed by atoms with Crippen LogP contribution >= 0.6 is 0 Å². The molecule has 0 unspecified atom stereocenters. The van der Waals surface area contributed by atoms with Gasteiger partial charge in [0.2, 0.25) is 0 Å². The van der Waals surface area contributed by atoms with Gasteiger partial charge in [-0.2, -0.15) is 0 Å². The Morgan fingerprint density at radius 2 is 2.06 bits per heavy atom. The highest BCUT2D eigenvalue weighted by Gasteiger charge is 2.13. The van der Waals surface area contributed by atoms with E-state index in [0.717, 1.165) is 10.9 Å². The van der Waals surface area contributed by atoms with Crippen LogP contribution in [0.1, 0.15) is 23.2 Å². The Bertz CT molecular complexity index is 586. The zero-order chi connectivity index (χ0) is 12.4. The summed E-state index contributed by atoms with van der Waals surface area (Å²) in [5, 5.41) is 9.31. The number of rotatable bonds is 4. The lowest BCUT2D eigenvalue weighted by Gasteiger charge is -1.98. The number of aromatic amines is 1. The minimum Gasteiger partial charge on any atom is -0.481 e. The maximum absolute atomic E-state index is 11.8. The van der Waals surface area contributed by atoms with E-state index in [4.69, 9.17) is 10.8 Å². The third-order valence-electron chi connectivity index (χ3n) is 2.57. The van der Waals surface area contributed by atoms with Crippen molar-refractivity contribution < 1.29 is 14.7 Å². The Morgan fingerprint density at radius 3 is 2.76 bits per heavy atom. The number of Topliss-reactive ketones (excluding diaryl/α,β-unsaturated/α-hetero) is 1. The predicted molar refractivity (Wildman–Crippen MR) is 63.9 cm³/mol. The van der Waals surface area contributed by atoms with Crippen molar-refractivity contribution in [3.63, 3.8) is 0 Å². The maximum atomic E-state index is 11.8. The number of carbonyl (C=O) groups excluding carboxylic acids is 1. The van der Waals surface area contributed by atoms with Crippen molar-refractivity contribution in [2.45, 2.75) is 12.8 Å². The minimum atomic E-state index is -0.970. The molecule has 1 heterocycles. The van der Waals surface area contributed by atoms with Gasteiger partial charge in [-0.05, 0) is 12.1 Å². The first kappa shape index (κ1) is 11.2. The summed E-state index contributed by atoms with van der Waals surface area (Å²) in [6.45, 7) is 0. The van der Waals surface area contributed by atoms with E-state index in [-0.39, 0.29) is 18.6 Å². The lowest BCUT2D eigenvalue weighted by Crippen LogP contribution is -2.03. The highest BCUT2D eigenvalue weighted by Crippen LogP contribution is 2.22. The van der Waals surface area contributed by atoms with Gasteiger partial charge in [-0.3, -0.25) is 9.59 Å². The van der Waals surface area contributed by atoms with Crippen molar-refractivity contribution in [1.82, 2.24) is 4.98 Å². The first-order valence-corrected chi connectivity index (χ1v) is 5.19. The number of nitrogens with one attached hydrogen (secondary N) is 1. The van der Waals surface area contributed by atoms with Crippen LogP contribution in [-0.2, 0) is 4.79 Å². The van der Waals surface area contributed by atoms with Crippen LogP contribution in [0.5, 0.6) is 0 Å². The Morgan fingerprint density at radius 1 is 1.29 bits per heavy atom. The highest BCUT2D eigenvalue weighted by atomic mass is 16.4. The topological polar surface area (TPSA) is 96.2 Å².